The van der Waals surface area contributed by atoms with Crippen LogP contribution in [0, 0.1) is 0 Å². The molecule has 0 aliphatic rings. The van der Waals surface area contributed by atoms with E-state index in [2.05, 4.69) is 25.2 Å². The molecule has 0 saturated carbocycles. The maximum Gasteiger partial charge on any atom is 0.138 e. The Morgan fingerprint density at radius 2 is 1.86 bits per heavy atom. The Morgan fingerprint density at radius 1 is 1.10 bits per heavy atom. The van der Waals surface area contributed by atoms with E-state index in [-0.39, 0.29) is 0 Å². The third-order valence-corrected chi connectivity index (χ3v) is 3.80. The molecule has 0 radical (unpaired) electrons. The first-order chi connectivity index (χ1) is 10.2. The molecule has 0 bridgehead atoms. The lowest BCUT2D eigenvalue weighted by molar-refractivity contribution is 0.306. The van der Waals surface area contributed by atoms with Gasteiger partial charge in [-0.25, -0.2) is 0 Å². The Morgan fingerprint density at radius 3 is 2.52 bits per heavy atom. The fourth-order valence-electron chi connectivity index (χ4n) is 1.94. The molecule has 0 fully saturated rings. The number of halogens is 1. The summed E-state index contributed by atoms with van der Waals surface area (Å²) in [4.78, 5) is 0. The summed E-state index contributed by atoms with van der Waals surface area (Å²) in [6.45, 7) is 5.71. The highest BCUT2D eigenvalue weighted by Gasteiger charge is 2.05. The minimum Gasteiger partial charge on any atom is -0.487 e. The van der Waals surface area contributed by atoms with Crippen LogP contribution < -0.4 is 10.1 Å². The lowest BCUT2D eigenvalue weighted by Gasteiger charge is -2.13. The zero-order chi connectivity index (χ0) is 15.1. The molecular formula is C18H22ClNO. The van der Waals surface area contributed by atoms with Crippen LogP contribution in [0.25, 0.3) is 0 Å². The molecule has 2 aromatic carbocycles. The summed E-state index contributed by atoms with van der Waals surface area (Å²) in [7, 11) is 0. The van der Waals surface area contributed by atoms with Crippen molar-refractivity contribution in [2.24, 2.45) is 0 Å². The van der Waals surface area contributed by atoms with Crippen molar-refractivity contribution in [3.63, 3.8) is 0 Å². The van der Waals surface area contributed by atoms with Crippen LogP contribution in [-0.2, 0) is 13.2 Å². The molecule has 2 nitrogen and oxygen atoms in total. The Labute approximate surface area is 132 Å². The minimum absolute atomic E-state index is 0.512. The second-order valence-corrected chi connectivity index (χ2v) is 5.64. The van der Waals surface area contributed by atoms with Crippen molar-refractivity contribution in [2.75, 3.05) is 0 Å². The molecule has 1 atom stereocenters. The van der Waals surface area contributed by atoms with E-state index >= 15 is 0 Å². The number of nitrogens with one attached hydrogen (secondary N) is 1. The van der Waals surface area contributed by atoms with Crippen molar-refractivity contribution < 1.29 is 4.74 Å². The molecule has 3 heteroatoms. The van der Waals surface area contributed by atoms with Crippen molar-refractivity contribution in [2.45, 2.75) is 39.5 Å². The molecule has 1 N–H and O–H groups in total. The Hall–Kier alpha value is -1.51. The third-order valence-electron chi connectivity index (χ3n) is 3.50. The standard InChI is InChI=1S/C18H22ClNO/c1-3-14(2)20-12-16-9-10-18(17(19)11-16)21-13-15-7-5-4-6-8-15/h4-11,14,20H,3,12-13H2,1-2H3. The Kier molecular flexibility index (Phi) is 6.09. The Bertz CT molecular complexity index is 556. The van der Waals surface area contributed by atoms with Crippen molar-refractivity contribution in [3.05, 3.63) is 64.7 Å². The van der Waals surface area contributed by atoms with Crippen molar-refractivity contribution in [1.29, 1.82) is 0 Å². The van der Waals surface area contributed by atoms with Gasteiger partial charge in [-0.3, -0.25) is 0 Å². The molecule has 2 aromatic rings. The number of hydrogen-bond donors (Lipinski definition) is 1. The molecule has 2 rings (SSSR count). The molecule has 0 aliphatic carbocycles. The van der Waals surface area contributed by atoms with E-state index in [1.807, 2.05) is 42.5 Å². The van der Waals surface area contributed by atoms with Crippen LogP contribution in [0.4, 0.5) is 0 Å². The van der Waals surface area contributed by atoms with Gasteiger partial charge in [0.2, 0.25) is 0 Å². The molecule has 0 aromatic heterocycles. The van der Waals surface area contributed by atoms with Crippen LogP contribution >= 0.6 is 11.6 Å². The van der Waals surface area contributed by atoms with Crippen LogP contribution in [0.1, 0.15) is 31.4 Å². The van der Waals surface area contributed by atoms with Gasteiger partial charge in [-0.05, 0) is 36.6 Å². The van der Waals surface area contributed by atoms with E-state index in [9.17, 15) is 0 Å². The van der Waals surface area contributed by atoms with Crippen molar-refractivity contribution in [1.82, 2.24) is 5.32 Å². The largest absolute Gasteiger partial charge is 0.487 e. The van der Waals surface area contributed by atoms with Gasteiger partial charge in [0.15, 0.2) is 0 Å². The third kappa shape index (κ3) is 5.07. The number of rotatable bonds is 7. The highest BCUT2D eigenvalue weighted by atomic mass is 35.5. The summed E-state index contributed by atoms with van der Waals surface area (Å²) in [5.41, 5.74) is 2.31. The predicted octanol–water partition coefficient (Wildman–Crippen LogP) is 4.81. The molecule has 0 aliphatic heterocycles. The molecule has 0 saturated heterocycles. The smallest absolute Gasteiger partial charge is 0.138 e. The van der Waals surface area contributed by atoms with Gasteiger partial charge >= 0.3 is 0 Å². The van der Waals surface area contributed by atoms with Gasteiger partial charge in [0.25, 0.3) is 0 Å². The van der Waals surface area contributed by atoms with Crippen molar-refractivity contribution in [3.8, 4) is 5.75 Å². The normalized spacial score (nSPS) is 12.1. The van der Waals surface area contributed by atoms with Gasteiger partial charge in [0.05, 0.1) is 5.02 Å². The van der Waals surface area contributed by atoms with Gasteiger partial charge in [-0.1, -0.05) is 54.9 Å². The predicted molar refractivity (Wildman–Crippen MR) is 88.8 cm³/mol. The van der Waals surface area contributed by atoms with Gasteiger partial charge in [0.1, 0.15) is 12.4 Å². The summed E-state index contributed by atoms with van der Waals surface area (Å²) < 4.78 is 5.77. The van der Waals surface area contributed by atoms with Crippen LogP contribution in [0.5, 0.6) is 5.75 Å². The van der Waals surface area contributed by atoms with Crippen LogP contribution in [0.3, 0.4) is 0 Å². The van der Waals surface area contributed by atoms with Gasteiger partial charge in [-0.2, -0.15) is 0 Å². The van der Waals surface area contributed by atoms with Gasteiger partial charge in [0, 0.05) is 12.6 Å². The van der Waals surface area contributed by atoms with Crippen LogP contribution in [0.15, 0.2) is 48.5 Å². The van der Waals surface area contributed by atoms with Gasteiger partial charge < -0.3 is 10.1 Å². The average Bonchev–Trinajstić information content (AvgIpc) is 2.52. The number of ether oxygens (including phenoxy) is 1. The fraction of sp³-hybridized carbons (Fsp3) is 0.333. The van der Waals surface area contributed by atoms with Crippen LogP contribution in [0.2, 0.25) is 5.02 Å². The number of benzene rings is 2. The molecule has 1 unspecified atom stereocenters. The highest BCUT2D eigenvalue weighted by molar-refractivity contribution is 6.32. The second-order valence-electron chi connectivity index (χ2n) is 5.23. The quantitative estimate of drug-likeness (QED) is 0.793. The summed E-state index contributed by atoms with van der Waals surface area (Å²) >= 11 is 6.29. The Balaban J connectivity index is 1.93. The van der Waals surface area contributed by atoms with E-state index in [0.29, 0.717) is 17.7 Å². The SMILES string of the molecule is CCC(C)NCc1ccc(OCc2ccccc2)c(Cl)c1. The first-order valence-corrected chi connectivity index (χ1v) is 7.75. The van der Waals surface area contributed by atoms with E-state index in [1.54, 1.807) is 0 Å². The summed E-state index contributed by atoms with van der Waals surface area (Å²) in [6.07, 6.45) is 1.12. The molecular weight excluding hydrogens is 282 g/mol. The fourth-order valence-corrected chi connectivity index (χ4v) is 2.20. The lowest BCUT2D eigenvalue weighted by atomic mass is 10.2. The second kappa shape index (κ2) is 8.06. The molecule has 112 valence electrons. The van der Waals surface area contributed by atoms with E-state index in [4.69, 9.17) is 16.3 Å². The first kappa shape index (κ1) is 15.9. The van der Waals surface area contributed by atoms with Crippen molar-refractivity contribution >= 4 is 11.6 Å². The van der Waals surface area contributed by atoms with E-state index < -0.39 is 0 Å². The summed E-state index contributed by atoms with van der Waals surface area (Å²) in [6, 6.07) is 16.6. The maximum atomic E-state index is 6.29. The zero-order valence-electron chi connectivity index (χ0n) is 12.6. The first-order valence-electron chi connectivity index (χ1n) is 7.37. The molecule has 0 spiro atoms. The zero-order valence-corrected chi connectivity index (χ0v) is 13.4. The topological polar surface area (TPSA) is 21.3 Å². The highest BCUT2D eigenvalue weighted by Crippen LogP contribution is 2.26. The summed E-state index contributed by atoms with van der Waals surface area (Å²) in [5, 5.41) is 4.12. The molecule has 21 heavy (non-hydrogen) atoms. The van der Waals surface area contributed by atoms with Crippen LogP contribution in [-0.4, -0.2) is 6.04 Å². The molecule has 0 amide bonds. The van der Waals surface area contributed by atoms with E-state index in [1.165, 1.54) is 5.56 Å². The lowest BCUT2D eigenvalue weighted by Crippen LogP contribution is -2.24. The minimum atomic E-state index is 0.512. The average molecular weight is 304 g/mol. The van der Waals surface area contributed by atoms with Gasteiger partial charge in [-0.15, -0.1) is 0 Å². The molecule has 0 heterocycles. The summed E-state index contributed by atoms with van der Waals surface area (Å²) in [5.74, 6) is 0.729. The maximum absolute atomic E-state index is 6.29. The monoisotopic (exact) mass is 303 g/mol. The number of hydrogen-bond acceptors (Lipinski definition) is 2. The van der Waals surface area contributed by atoms with E-state index in [0.717, 1.165) is 24.3 Å².